The van der Waals surface area contributed by atoms with Crippen molar-refractivity contribution >= 4 is 0 Å². The molecule has 0 aromatic heterocycles. The van der Waals surface area contributed by atoms with Gasteiger partial charge < -0.3 is 0 Å². The van der Waals surface area contributed by atoms with Gasteiger partial charge in [0.15, 0.2) is 11.6 Å². The lowest BCUT2D eigenvalue weighted by atomic mass is 10.2. The van der Waals surface area contributed by atoms with Gasteiger partial charge in [-0.3, -0.25) is 0 Å². The van der Waals surface area contributed by atoms with Gasteiger partial charge >= 0.3 is 0 Å². The second-order valence-electron chi connectivity index (χ2n) is 3.72. The van der Waals surface area contributed by atoms with E-state index in [0.717, 1.165) is 6.07 Å². The average Bonchev–Trinajstić information content (AvgIpc) is 2.34. The first-order valence-electron chi connectivity index (χ1n) is 5.24. The first-order valence-corrected chi connectivity index (χ1v) is 5.24. The third-order valence-electron chi connectivity index (χ3n) is 2.35. The molecule has 2 aromatic carbocycles. The summed E-state index contributed by atoms with van der Waals surface area (Å²) >= 11 is 0. The molecular weight excluding hydrogens is 244 g/mol. The molecular formula is C14H12F4. The Morgan fingerprint density at radius 1 is 0.667 bits per heavy atom. The Balaban J connectivity index is 0.000000180. The van der Waals surface area contributed by atoms with Crippen LogP contribution in [0.5, 0.6) is 0 Å². The van der Waals surface area contributed by atoms with Crippen molar-refractivity contribution in [1.82, 2.24) is 0 Å². The molecule has 0 amide bonds. The van der Waals surface area contributed by atoms with E-state index in [1.54, 1.807) is 0 Å². The maximum Gasteiger partial charge on any atom is 0.161 e. The van der Waals surface area contributed by atoms with Gasteiger partial charge in [0.2, 0.25) is 0 Å². The number of hydrogen-bond donors (Lipinski definition) is 0. The summed E-state index contributed by atoms with van der Waals surface area (Å²) in [6.45, 7) is 2.93. The maximum absolute atomic E-state index is 12.4. The molecule has 0 aliphatic carbocycles. The first kappa shape index (κ1) is 14.2. The van der Waals surface area contributed by atoms with Gasteiger partial charge in [-0.1, -0.05) is 18.2 Å². The van der Waals surface area contributed by atoms with E-state index in [1.807, 2.05) is 0 Å². The van der Waals surface area contributed by atoms with Crippen molar-refractivity contribution in [2.75, 3.05) is 0 Å². The third-order valence-corrected chi connectivity index (χ3v) is 2.35. The molecule has 18 heavy (non-hydrogen) atoms. The van der Waals surface area contributed by atoms with Crippen molar-refractivity contribution in [2.24, 2.45) is 0 Å². The Morgan fingerprint density at radius 2 is 1.11 bits per heavy atom. The molecule has 0 nitrogen and oxygen atoms in total. The van der Waals surface area contributed by atoms with E-state index in [1.165, 1.54) is 44.2 Å². The van der Waals surface area contributed by atoms with E-state index in [0.29, 0.717) is 5.56 Å². The Bertz CT molecular complexity index is 445. The van der Waals surface area contributed by atoms with Crippen LogP contribution in [0.2, 0.25) is 0 Å². The molecule has 0 fully saturated rings. The molecule has 0 N–H and O–H groups in total. The number of hydrogen-bond acceptors (Lipinski definition) is 0. The van der Waals surface area contributed by atoms with E-state index in [-0.39, 0.29) is 5.56 Å². The summed E-state index contributed by atoms with van der Waals surface area (Å²) in [6, 6.07) is 7.92. The highest BCUT2D eigenvalue weighted by Crippen LogP contribution is 2.09. The lowest BCUT2D eigenvalue weighted by Crippen LogP contribution is -1.85. The highest BCUT2D eigenvalue weighted by Gasteiger charge is 2.01. The Morgan fingerprint density at radius 3 is 1.50 bits per heavy atom. The van der Waals surface area contributed by atoms with Crippen molar-refractivity contribution < 1.29 is 17.6 Å². The Hall–Kier alpha value is -1.84. The van der Waals surface area contributed by atoms with Crippen LogP contribution < -0.4 is 0 Å². The minimum absolute atomic E-state index is 0.0810. The normalized spacial score (nSPS) is 9.67. The molecule has 0 aliphatic rings. The molecule has 0 spiro atoms. The summed E-state index contributed by atoms with van der Waals surface area (Å²) in [5.41, 5.74) is 0.424. The van der Waals surface area contributed by atoms with Crippen LogP contribution in [0.3, 0.4) is 0 Å². The summed E-state index contributed by atoms with van der Waals surface area (Å²) in [5, 5.41) is 0. The summed E-state index contributed by atoms with van der Waals surface area (Å²) in [5.74, 6) is -2.52. The number of benzene rings is 2. The van der Waals surface area contributed by atoms with Crippen LogP contribution >= 0.6 is 0 Å². The average molecular weight is 256 g/mol. The molecule has 0 atom stereocenters. The van der Waals surface area contributed by atoms with Crippen LogP contribution in [0.4, 0.5) is 17.6 Å². The number of rotatable bonds is 0. The molecule has 2 aromatic rings. The topological polar surface area (TPSA) is 0 Å². The predicted octanol–water partition coefficient (Wildman–Crippen LogP) is 4.55. The smallest absolute Gasteiger partial charge is 0.161 e. The second kappa shape index (κ2) is 6.19. The van der Waals surface area contributed by atoms with Crippen LogP contribution in [0, 0.1) is 37.1 Å². The van der Waals surface area contributed by atoms with Crippen molar-refractivity contribution in [1.29, 1.82) is 0 Å². The summed E-state index contributed by atoms with van der Waals surface area (Å²) < 4.78 is 49.2. The predicted molar refractivity (Wildman–Crippen MR) is 62.2 cm³/mol. The van der Waals surface area contributed by atoms with Gasteiger partial charge in [0, 0.05) is 5.56 Å². The van der Waals surface area contributed by atoms with Gasteiger partial charge in [0.25, 0.3) is 0 Å². The lowest BCUT2D eigenvalue weighted by molar-refractivity contribution is 0.503. The molecule has 2 rings (SSSR count). The maximum atomic E-state index is 12.4. The van der Waals surface area contributed by atoms with Gasteiger partial charge in [-0.15, -0.1) is 0 Å². The van der Waals surface area contributed by atoms with Crippen LogP contribution in [0.1, 0.15) is 11.1 Å². The summed E-state index contributed by atoms with van der Waals surface area (Å²) in [4.78, 5) is 0. The highest BCUT2D eigenvalue weighted by molar-refractivity contribution is 5.17. The van der Waals surface area contributed by atoms with Crippen LogP contribution in [0.25, 0.3) is 0 Å². The molecule has 0 saturated heterocycles. The summed E-state index contributed by atoms with van der Waals surface area (Å²) in [6.07, 6.45) is 0. The van der Waals surface area contributed by atoms with Gasteiger partial charge in [-0.25, -0.2) is 17.6 Å². The van der Waals surface area contributed by atoms with Crippen LogP contribution in [-0.4, -0.2) is 0 Å². The fourth-order valence-corrected chi connectivity index (χ4v) is 1.19. The standard InChI is InChI=1S/2C7H6F2/c1-5-6(8)3-2-4-7(5)9;1-5-3-2-4-6(8)7(5)9/h2*2-4H,1H3. The molecule has 0 aliphatic heterocycles. The summed E-state index contributed by atoms with van der Waals surface area (Å²) in [7, 11) is 0. The number of halogens is 4. The Kier molecular flexibility index (Phi) is 4.89. The molecule has 0 unspecified atom stereocenters. The molecule has 4 heteroatoms. The molecule has 0 heterocycles. The fourth-order valence-electron chi connectivity index (χ4n) is 1.19. The van der Waals surface area contributed by atoms with Gasteiger partial charge in [0.05, 0.1) is 0 Å². The van der Waals surface area contributed by atoms with Gasteiger partial charge in [0.1, 0.15) is 11.6 Å². The zero-order chi connectivity index (χ0) is 13.7. The van der Waals surface area contributed by atoms with Gasteiger partial charge in [-0.05, 0) is 37.6 Å². The number of aryl methyl sites for hydroxylation is 1. The SMILES string of the molecule is Cc1c(F)cccc1F.Cc1cccc(F)c1F. The minimum Gasteiger partial charge on any atom is -0.207 e. The van der Waals surface area contributed by atoms with E-state index in [2.05, 4.69) is 0 Å². The van der Waals surface area contributed by atoms with Crippen molar-refractivity contribution in [3.8, 4) is 0 Å². The van der Waals surface area contributed by atoms with Crippen molar-refractivity contribution in [3.63, 3.8) is 0 Å². The minimum atomic E-state index is -0.782. The van der Waals surface area contributed by atoms with Crippen LogP contribution in [-0.2, 0) is 0 Å². The Labute approximate surface area is 103 Å². The zero-order valence-corrected chi connectivity index (χ0v) is 9.98. The van der Waals surface area contributed by atoms with E-state index in [4.69, 9.17) is 0 Å². The second-order valence-corrected chi connectivity index (χ2v) is 3.72. The molecule has 96 valence electrons. The van der Waals surface area contributed by atoms with E-state index < -0.39 is 23.3 Å². The highest BCUT2D eigenvalue weighted by atomic mass is 19.2. The quantitative estimate of drug-likeness (QED) is 0.607. The first-order chi connectivity index (χ1) is 8.43. The monoisotopic (exact) mass is 256 g/mol. The van der Waals surface area contributed by atoms with E-state index in [9.17, 15) is 17.6 Å². The largest absolute Gasteiger partial charge is 0.207 e. The van der Waals surface area contributed by atoms with Gasteiger partial charge in [-0.2, -0.15) is 0 Å². The lowest BCUT2D eigenvalue weighted by Gasteiger charge is -1.94. The van der Waals surface area contributed by atoms with Crippen molar-refractivity contribution in [2.45, 2.75) is 13.8 Å². The van der Waals surface area contributed by atoms with Crippen molar-refractivity contribution in [3.05, 3.63) is 70.8 Å². The van der Waals surface area contributed by atoms with Crippen LogP contribution in [0.15, 0.2) is 36.4 Å². The van der Waals surface area contributed by atoms with E-state index >= 15 is 0 Å². The molecule has 0 saturated carbocycles. The fraction of sp³-hybridized carbons (Fsp3) is 0.143. The molecule has 0 bridgehead atoms. The molecule has 0 radical (unpaired) electrons. The zero-order valence-electron chi connectivity index (χ0n) is 9.98. The third kappa shape index (κ3) is 3.58.